The van der Waals surface area contributed by atoms with E-state index in [4.69, 9.17) is 20.5 Å². The van der Waals surface area contributed by atoms with Crippen molar-refractivity contribution in [1.82, 2.24) is 5.32 Å². The number of allylic oxidation sites excluding steroid dienone is 1. The van der Waals surface area contributed by atoms with Crippen molar-refractivity contribution in [1.29, 1.82) is 5.53 Å². The van der Waals surface area contributed by atoms with Gasteiger partial charge in [0.15, 0.2) is 0 Å². The summed E-state index contributed by atoms with van der Waals surface area (Å²) in [6.45, 7) is 29.4. The maximum atomic E-state index is 11.3. The van der Waals surface area contributed by atoms with E-state index in [1.807, 2.05) is 34.6 Å². The Kier molecular flexibility index (Phi) is 21.1. The van der Waals surface area contributed by atoms with E-state index in [1.165, 1.54) is 19.3 Å². The lowest BCUT2D eigenvalue weighted by Crippen LogP contribution is -2.36. The molecular formula is C40H76BrN3O6Si. The van der Waals surface area contributed by atoms with Crippen molar-refractivity contribution < 1.29 is 29.3 Å². The average Bonchev–Trinajstić information content (AvgIpc) is 3.91. The third-order valence-electron chi connectivity index (χ3n) is 12.3. The highest BCUT2D eigenvalue weighted by Crippen LogP contribution is 2.55. The summed E-state index contributed by atoms with van der Waals surface area (Å²) in [4.78, 5) is 32.2. The number of ether oxygens (including phenoxy) is 1. The summed E-state index contributed by atoms with van der Waals surface area (Å²) in [7, 11) is 0.0250. The smallest absolute Gasteiger partial charge is 0.407 e. The van der Waals surface area contributed by atoms with Crippen LogP contribution >= 0.6 is 15.9 Å². The van der Waals surface area contributed by atoms with E-state index in [0.29, 0.717) is 30.3 Å². The highest BCUT2D eigenvalue weighted by Gasteiger charge is 2.56. The lowest BCUT2D eigenvalue weighted by Gasteiger charge is -2.13. The molecule has 5 aliphatic rings. The largest absolute Gasteiger partial charge is 0.481 e. The zero-order chi connectivity index (χ0) is 39.8. The number of hydrogen-bond acceptors (Lipinski definition) is 6. The van der Waals surface area contributed by atoms with Gasteiger partial charge < -0.3 is 20.3 Å². The minimum atomic E-state index is -0.630. The molecular weight excluding hydrogens is 726 g/mol. The number of nitrogens with zero attached hydrogens (tertiary/aromatic N) is 1. The van der Waals surface area contributed by atoms with Gasteiger partial charge in [0, 0.05) is 20.4 Å². The van der Waals surface area contributed by atoms with Crippen molar-refractivity contribution in [2.75, 3.05) is 11.9 Å². The molecule has 0 bridgehead atoms. The van der Waals surface area contributed by atoms with Gasteiger partial charge in [0.25, 0.3) is 0 Å². The monoisotopic (exact) mass is 801 g/mol. The predicted octanol–water partition coefficient (Wildman–Crippen LogP) is 10.8. The number of amides is 1. The highest BCUT2D eigenvalue weighted by molar-refractivity contribution is 9.09. The highest BCUT2D eigenvalue weighted by atomic mass is 79.9. The van der Waals surface area contributed by atoms with E-state index in [1.54, 1.807) is 6.08 Å². The van der Waals surface area contributed by atoms with Crippen LogP contribution in [0.15, 0.2) is 17.8 Å². The maximum absolute atomic E-state index is 11.3. The molecule has 0 heterocycles. The van der Waals surface area contributed by atoms with Crippen LogP contribution in [0.25, 0.3) is 0 Å². The van der Waals surface area contributed by atoms with Crippen molar-refractivity contribution in [3.05, 3.63) is 12.7 Å². The molecule has 9 nitrogen and oxygen atoms in total. The van der Waals surface area contributed by atoms with Crippen molar-refractivity contribution >= 4 is 43.5 Å². The molecule has 51 heavy (non-hydrogen) atoms. The Morgan fingerprint density at radius 2 is 1.22 bits per heavy atom. The average molecular weight is 803 g/mol. The minimum absolute atomic E-state index is 0.0233. The number of aliphatic carboxylic acids is 2. The number of nitrogens with one attached hydrogen (secondary N) is 2. The molecule has 11 heteroatoms. The number of hydrogen-bond donors (Lipinski definition) is 4. The molecule has 5 rings (SSSR count). The number of rotatable bonds is 13. The van der Waals surface area contributed by atoms with Crippen molar-refractivity contribution in [2.24, 2.45) is 50.9 Å². The topological polar surface area (TPSA) is 149 Å². The molecule has 5 fully saturated rings. The summed E-state index contributed by atoms with van der Waals surface area (Å²) >= 11 is 3.13. The van der Waals surface area contributed by atoms with Gasteiger partial charge in [-0.25, -0.2) is 10.3 Å². The molecule has 0 aromatic rings. The van der Waals surface area contributed by atoms with E-state index in [-0.39, 0.29) is 37.5 Å². The van der Waals surface area contributed by atoms with Crippen LogP contribution in [0.2, 0.25) is 12.6 Å². The molecule has 0 spiro atoms. The van der Waals surface area contributed by atoms with E-state index in [0.717, 1.165) is 67.7 Å². The second-order valence-electron chi connectivity index (χ2n) is 16.9. The van der Waals surface area contributed by atoms with E-state index >= 15 is 0 Å². The van der Waals surface area contributed by atoms with Gasteiger partial charge in [0.1, 0.15) is 0 Å². The Balaban J connectivity index is 0.000000608. The normalized spacial score (nSPS) is 35.0. The van der Waals surface area contributed by atoms with Gasteiger partial charge >= 0.3 is 18.0 Å². The molecule has 1 amide bonds. The summed E-state index contributed by atoms with van der Waals surface area (Å²) in [5.41, 5.74) is 6.83. The summed E-state index contributed by atoms with van der Waals surface area (Å²) in [6.07, 6.45) is 12.7. The van der Waals surface area contributed by atoms with Crippen LogP contribution in [-0.4, -0.2) is 60.8 Å². The fourth-order valence-corrected chi connectivity index (χ4v) is 7.27. The first-order chi connectivity index (χ1) is 23.6. The van der Waals surface area contributed by atoms with Crippen LogP contribution in [0.4, 0.5) is 4.79 Å². The lowest BCUT2D eigenvalue weighted by molar-refractivity contribution is -0.144. The summed E-state index contributed by atoms with van der Waals surface area (Å²) < 4.78 is 5.08. The minimum Gasteiger partial charge on any atom is -0.481 e. The Morgan fingerprint density at radius 1 is 0.804 bits per heavy atom. The number of halogens is 1. The van der Waals surface area contributed by atoms with Crippen LogP contribution in [0.5, 0.6) is 0 Å². The Bertz CT molecular complexity index is 1090. The Morgan fingerprint density at radius 3 is 1.39 bits per heavy atom. The number of carboxylic acids is 2. The van der Waals surface area contributed by atoms with E-state index in [9.17, 15) is 14.4 Å². The Labute approximate surface area is 322 Å². The predicted molar refractivity (Wildman–Crippen MR) is 217 cm³/mol. The molecule has 9 unspecified atom stereocenters. The first-order valence-corrected chi connectivity index (χ1v) is 23.2. The third kappa shape index (κ3) is 16.4. The number of alkyl halides is 1. The van der Waals surface area contributed by atoms with Gasteiger partial charge in [-0.3, -0.25) is 9.59 Å². The van der Waals surface area contributed by atoms with Crippen LogP contribution in [0, 0.1) is 51.4 Å². The van der Waals surface area contributed by atoms with Crippen LogP contribution in [0.3, 0.4) is 0 Å². The number of carbonyl (C=O) groups is 3. The molecule has 0 radical (unpaired) electrons. The van der Waals surface area contributed by atoms with Crippen LogP contribution < -0.4 is 5.32 Å². The van der Waals surface area contributed by atoms with Crippen molar-refractivity contribution in [3.8, 4) is 0 Å². The molecule has 4 N–H and O–H groups in total. The van der Waals surface area contributed by atoms with Crippen LogP contribution in [-0.2, 0) is 14.3 Å². The summed E-state index contributed by atoms with van der Waals surface area (Å²) in [5, 5.41) is 24.6. The molecule has 0 aromatic heterocycles. The number of alkyl carbamates (subject to hydrolysis) is 1. The van der Waals surface area contributed by atoms with Gasteiger partial charge in [-0.2, -0.15) is 5.11 Å². The lowest BCUT2D eigenvalue weighted by atomic mass is 10.1. The fourth-order valence-electron chi connectivity index (χ4n) is 6.83. The van der Waals surface area contributed by atoms with E-state index in [2.05, 4.69) is 81.0 Å². The van der Waals surface area contributed by atoms with E-state index < -0.39 is 11.9 Å². The van der Waals surface area contributed by atoms with Gasteiger partial charge in [-0.05, 0) is 101 Å². The first-order valence-electron chi connectivity index (χ1n) is 19.6. The second kappa shape index (κ2) is 21.8. The van der Waals surface area contributed by atoms with Gasteiger partial charge in [-0.1, -0.05) is 109 Å². The number of carboxylic acid groups (broad SMARTS) is 2. The maximum Gasteiger partial charge on any atom is 0.407 e. The Hall–Kier alpha value is -1.75. The zero-order valence-electron chi connectivity index (χ0n) is 34.4. The van der Waals surface area contributed by atoms with Crippen LogP contribution in [0.1, 0.15) is 140 Å². The summed E-state index contributed by atoms with van der Waals surface area (Å²) in [6, 6.07) is 1.08. The fraction of sp³-hybridized carbons (Fsp3) is 0.875. The molecule has 9 atom stereocenters. The molecule has 0 aliphatic heterocycles. The number of carbonyl (C=O) groups excluding carboxylic acids is 1. The van der Waals surface area contributed by atoms with Gasteiger partial charge in [-0.15, -0.1) is 6.58 Å². The van der Waals surface area contributed by atoms with Gasteiger partial charge in [0.2, 0.25) is 0 Å². The standard InChI is InChI=1S/C10H21NO2Si.2C7H12O2.C7H14.C6H12N2.C3H5Br/c1-4-8-7-10(8,2)11-9(12)13-5-6-14-3;2*1-3-5-4-7(5,2)6(8)9;1-4-6-5-7(6,2)3;1-3-5-4-6(5,2)8-7;1-2-3-4/h8H,4-7,14H2,1-3H3,(H,11,12);2*5H,3-4H2,1-2H3,(H,8,9);6H,4-5H2,1-3H3;5,7H,3-4H2,1-2H3;2H,1,3H2. The van der Waals surface area contributed by atoms with Crippen molar-refractivity contribution in [3.63, 3.8) is 0 Å². The first kappa shape index (κ1) is 49.2. The SMILES string of the molecule is C=CCBr.CCC1CC1(C)C.CCC1CC1(C)C(=O)O.CCC1CC1(C)C(=O)O.CCC1CC1(C)N=N.CCC1CC1(C)NC(=O)OCC[SiH2]C. The molecule has 5 aliphatic carbocycles. The molecule has 5 saturated carbocycles. The molecule has 0 aromatic carbocycles. The molecule has 298 valence electrons. The third-order valence-corrected chi connectivity index (χ3v) is 13.7. The van der Waals surface area contributed by atoms with Gasteiger partial charge in [0.05, 0.1) is 23.0 Å². The second-order valence-corrected chi connectivity index (χ2v) is 19.3. The quantitative estimate of drug-likeness (QED) is 0.0479. The molecule has 0 saturated heterocycles. The summed E-state index contributed by atoms with van der Waals surface area (Å²) in [5.74, 6) is 2.02. The van der Waals surface area contributed by atoms with Crippen molar-refractivity contribution in [2.45, 2.75) is 164 Å². The zero-order valence-corrected chi connectivity index (χ0v) is 37.4.